The van der Waals surface area contributed by atoms with Crippen molar-refractivity contribution in [3.05, 3.63) is 28.5 Å². The molecule has 0 aliphatic rings. The first-order valence-electron chi connectivity index (χ1n) is 5.14. The standard InChI is InChI=1S/C11H9Cl2F3N2/c1-6-17-9-4-7(11(14,15)16)8(13)5-10(9)18(6)3-2-12/h4-5H,2-3H2,1H3. The third kappa shape index (κ3) is 2.29. The van der Waals surface area contributed by atoms with E-state index in [0.717, 1.165) is 6.07 Å². The molecule has 0 amide bonds. The maximum absolute atomic E-state index is 12.7. The molecule has 0 saturated carbocycles. The zero-order valence-electron chi connectivity index (χ0n) is 9.35. The van der Waals surface area contributed by atoms with Gasteiger partial charge in [0, 0.05) is 12.4 Å². The van der Waals surface area contributed by atoms with E-state index in [2.05, 4.69) is 4.98 Å². The largest absolute Gasteiger partial charge is 0.417 e. The maximum Gasteiger partial charge on any atom is 0.417 e. The van der Waals surface area contributed by atoms with E-state index in [0.29, 0.717) is 23.8 Å². The predicted molar refractivity (Wildman–Crippen MR) is 65.2 cm³/mol. The molecule has 18 heavy (non-hydrogen) atoms. The van der Waals surface area contributed by atoms with Crippen LogP contribution < -0.4 is 0 Å². The number of hydrogen-bond acceptors (Lipinski definition) is 1. The van der Waals surface area contributed by atoms with Gasteiger partial charge >= 0.3 is 6.18 Å². The van der Waals surface area contributed by atoms with Gasteiger partial charge in [-0.15, -0.1) is 11.6 Å². The van der Waals surface area contributed by atoms with Crippen LogP contribution in [0.25, 0.3) is 11.0 Å². The van der Waals surface area contributed by atoms with Crippen LogP contribution in [0.5, 0.6) is 0 Å². The molecule has 0 saturated heterocycles. The fourth-order valence-corrected chi connectivity index (χ4v) is 2.28. The number of fused-ring (bicyclic) bond motifs is 1. The van der Waals surface area contributed by atoms with Crippen LogP contribution in [0.15, 0.2) is 12.1 Å². The van der Waals surface area contributed by atoms with Crippen LogP contribution in [0.4, 0.5) is 13.2 Å². The lowest BCUT2D eigenvalue weighted by Crippen LogP contribution is -2.06. The molecule has 98 valence electrons. The second-order valence-corrected chi connectivity index (χ2v) is 4.60. The first-order valence-corrected chi connectivity index (χ1v) is 6.05. The van der Waals surface area contributed by atoms with Crippen LogP contribution in [-0.2, 0) is 12.7 Å². The van der Waals surface area contributed by atoms with E-state index in [1.165, 1.54) is 6.07 Å². The zero-order chi connectivity index (χ0) is 13.5. The van der Waals surface area contributed by atoms with Crippen molar-refractivity contribution in [2.24, 2.45) is 0 Å². The Morgan fingerprint density at radius 2 is 2.00 bits per heavy atom. The highest BCUT2D eigenvalue weighted by molar-refractivity contribution is 6.32. The van der Waals surface area contributed by atoms with Crippen LogP contribution >= 0.6 is 23.2 Å². The lowest BCUT2D eigenvalue weighted by molar-refractivity contribution is -0.137. The Balaban J connectivity index is 2.68. The number of hydrogen-bond donors (Lipinski definition) is 0. The molecule has 0 unspecified atom stereocenters. The van der Waals surface area contributed by atoms with Gasteiger partial charge in [0.15, 0.2) is 0 Å². The van der Waals surface area contributed by atoms with Gasteiger partial charge in [0.2, 0.25) is 0 Å². The van der Waals surface area contributed by atoms with Gasteiger partial charge < -0.3 is 4.57 Å². The summed E-state index contributed by atoms with van der Waals surface area (Å²) >= 11 is 11.3. The minimum Gasteiger partial charge on any atom is -0.327 e. The number of nitrogens with zero attached hydrogens (tertiary/aromatic N) is 2. The number of halogens is 5. The Labute approximate surface area is 111 Å². The Bertz CT molecular complexity index is 590. The van der Waals surface area contributed by atoms with Crippen LogP contribution in [0.3, 0.4) is 0 Å². The maximum atomic E-state index is 12.7. The van der Waals surface area contributed by atoms with Crippen LogP contribution in [0.1, 0.15) is 11.4 Å². The lowest BCUT2D eigenvalue weighted by Gasteiger charge is -2.09. The second-order valence-electron chi connectivity index (χ2n) is 3.82. The van der Waals surface area contributed by atoms with Gasteiger partial charge in [0.25, 0.3) is 0 Å². The molecule has 0 radical (unpaired) electrons. The van der Waals surface area contributed by atoms with E-state index < -0.39 is 11.7 Å². The summed E-state index contributed by atoms with van der Waals surface area (Å²) in [7, 11) is 0. The molecule has 2 aromatic rings. The van der Waals surface area contributed by atoms with E-state index in [1.807, 2.05) is 0 Å². The van der Waals surface area contributed by atoms with Crippen molar-refractivity contribution in [3.63, 3.8) is 0 Å². The summed E-state index contributed by atoms with van der Waals surface area (Å²) in [5, 5.41) is -0.328. The minimum absolute atomic E-state index is 0.273. The Hall–Kier alpha value is -0.940. The molecule has 0 fully saturated rings. The van der Waals surface area contributed by atoms with Crippen molar-refractivity contribution in [2.45, 2.75) is 19.6 Å². The van der Waals surface area contributed by atoms with Gasteiger partial charge in [-0.1, -0.05) is 11.6 Å². The van der Waals surface area contributed by atoms with Crippen molar-refractivity contribution in [3.8, 4) is 0 Å². The molecule has 1 aromatic heterocycles. The molecule has 0 aliphatic heterocycles. The molecular formula is C11H9Cl2F3N2. The summed E-state index contributed by atoms with van der Waals surface area (Å²) in [4.78, 5) is 4.09. The number of aromatic nitrogens is 2. The molecule has 0 aliphatic carbocycles. The van der Waals surface area contributed by atoms with Gasteiger partial charge in [0.05, 0.1) is 21.6 Å². The summed E-state index contributed by atoms with van der Waals surface area (Å²) in [5.74, 6) is 0.964. The minimum atomic E-state index is -4.48. The first kappa shape index (κ1) is 13.5. The van der Waals surface area contributed by atoms with E-state index in [1.54, 1.807) is 11.5 Å². The third-order valence-electron chi connectivity index (χ3n) is 2.64. The Morgan fingerprint density at radius 1 is 1.33 bits per heavy atom. The van der Waals surface area contributed by atoms with E-state index >= 15 is 0 Å². The van der Waals surface area contributed by atoms with Gasteiger partial charge in [-0.3, -0.25) is 0 Å². The smallest absolute Gasteiger partial charge is 0.327 e. The van der Waals surface area contributed by atoms with Crippen LogP contribution in [0, 0.1) is 6.92 Å². The number of benzene rings is 1. The molecule has 0 bridgehead atoms. The molecule has 0 N–H and O–H groups in total. The highest BCUT2D eigenvalue weighted by Gasteiger charge is 2.34. The number of imidazole rings is 1. The van der Waals surface area contributed by atoms with Crippen molar-refractivity contribution >= 4 is 34.2 Å². The summed E-state index contributed by atoms with van der Waals surface area (Å²) in [6.07, 6.45) is -4.48. The molecule has 2 nitrogen and oxygen atoms in total. The molecule has 0 atom stereocenters. The number of aryl methyl sites for hydroxylation is 2. The van der Waals surface area contributed by atoms with Crippen molar-refractivity contribution in [1.29, 1.82) is 0 Å². The molecular weight excluding hydrogens is 288 g/mol. The lowest BCUT2D eigenvalue weighted by atomic mass is 10.2. The third-order valence-corrected chi connectivity index (χ3v) is 3.12. The monoisotopic (exact) mass is 296 g/mol. The van der Waals surface area contributed by atoms with Gasteiger partial charge in [-0.25, -0.2) is 4.98 Å². The highest BCUT2D eigenvalue weighted by atomic mass is 35.5. The van der Waals surface area contributed by atoms with Gasteiger partial charge in [-0.2, -0.15) is 13.2 Å². The predicted octanol–water partition coefficient (Wildman–Crippen LogP) is 4.26. The average Bonchev–Trinajstić information content (AvgIpc) is 2.54. The first-order chi connectivity index (χ1) is 8.34. The normalized spacial score (nSPS) is 12.3. The summed E-state index contributed by atoms with van der Waals surface area (Å²) < 4.78 is 39.8. The summed E-state index contributed by atoms with van der Waals surface area (Å²) in [6, 6.07) is 2.25. The molecule has 1 aromatic carbocycles. The Kier molecular flexibility index (Phi) is 3.47. The number of rotatable bonds is 2. The van der Waals surface area contributed by atoms with E-state index in [4.69, 9.17) is 23.2 Å². The van der Waals surface area contributed by atoms with Crippen LogP contribution in [0.2, 0.25) is 5.02 Å². The summed E-state index contributed by atoms with van der Waals surface area (Å²) in [5.41, 5.74) is -0.0346. The van der Waals surface area contributed by atoms with Crippen molar-refractivity contribution in [2.75, 3.05) is 5.88 Å². The van der Waals surface area contributed by atoms with Crippen molar-refractivity contribution < 1.29 is 13.2 Å². The molecule has 0 spiro atoms. The molecule has 1 heterocycles. The fraction of sp³-hybridized carbons (Fsp3) is 0.364. The SMILES string of the molecule is Cc1nc2cc(C(F)(F)F)c(Cl)cc2n1CCCl. The second kappa shape index (κ2) is 4.63. The van der Waals surface area contributed by atoms with E-state index in [9.17, 15) is 13.2 Å². The van der Waals surface area contributed by atoms with Gasteiger partial charge in [-0.05, 0) is 19.1 Å². The van der Waals surface area contributed by atoms with Crippen molar-refractivity contribution in [1.82, 2.24) is 9.55 Å². The zero-order valence-corrected chi connectivity index (χ0v) is 10.9. The highest BCUT2D eigenvalue weighted by Crippen LogP contribution is 2.37. The van der Waals surface area contributed by atoms with Gasteiger partial charge in [0.1, 0.15) is 5.82 Å². The van der Waals surface area contributed by atoms with Crippen LogP contribution in [-0.4, -0.2) is 15.4 Å². The van der Waals surface area contributed by atoms with E-state index in [-0.39, 0.29) is 10.5 Å². The average molecular weight is 297 g/mol. The topological polar surface area (TPSA) is 17.8 Å². The quantitative estimate of drug-likeness (QED) is 0.757. The fourth-order valence-electron chi connectivity index (χ4n) is 1.85. The number of alkyl halides is 4. The molecule has 2 rings (SSSR count). The molecule has 7 heteroatoms. The Morgan fingerprint density at radius 3 is 2.56 bits per heavy atom. The summed E-state index contributed by atoms with van der Waals surface area (Å²) in [6.45, 7) is 2.19.